The van der Waals surface area contributed by atoms with Crippen molar-refractivity contribution in [3.8, 4) is 0 Å². The molecule has 1 N–H and O–H groups in total. The van der Waals surface area contributed by atoms with E-state index in [0.29, 0.717) is 5.82 Å². The number of nitrogens with zero attached hydrogens (tertiary/aromatic N) is 2. The molecule has 6 heteroatoms. The number of nitrogens with one attached hydrogen (secondary N) is 1. The minimum absolute atomic E-state index is 0.166. The summed E-state index contributed by atoms with van der Waals surface area (Å²) in [6.07, 6.45) is -1.12. The number of hydrogen-bond donors (Lipinski definition) is 1. The summed E-state index contributed by atoms with van der Waals surface area (Å²) in [5.74, 6) is 0.296. The predicted octanol–water partition coefficient (Wildman–Crippen LogP) is 2.61. The summed E-state index contributed by atoms with van der Waals surface area (Å²) in [6.45, 7) is 1.87. The van der Waals surface area contributed by atoms with Gasteiger partial charge in [0, 0.05) is 18.8 Å². The molecule has 0 saturated carbocycles. The van der Waals surface area contributed by atoms with E-state index in [2.05, 4.69) is 15.2 Å². The van der Waals surface area contributed by atoms with Crippen LogP contribution in [0.2, 0.25) is 0 Å². The Morgan fingerprint density at radius 3 is 2.89 bits per heavy atom. The standard InChI is InChI=1S/C12H16F3N3/c1-18-6-2-3-10(8-18)17-11-7-9(4-5-16-11)12(13,14)15/h4-5,7,10H,2-3,6,8H2,1H3,(H,16,17). The molecule has 1 aliphatic rings. The fourth-order valence-corrected chi connectivity index (χ4v) is 2.18. The van der Waals surface area contributed by atoms with Crippen LogP contribution in [0.3, 0.4) is 0 Å². The maximum absolute atomic E-state index is 12.5. The molecule has 3 nitrogen and oxygen atoms in total. The van der Waals surface area contributed by atoms with Gasteiger partial charge in [-0.1, -0.05) is 0 Å². The Bertz CT molecular complexity index is 406. The second kappa shape index (κ2) is 5.14. The van der Waals surface area contributed by atoms with Crippen LogP contribution in [0.1, 0.15) is 18.4 Å². The fraction of sp³-hybridized carbons (Fsp3) is 0.583. The molecule has 2 rings (SSSR count). The summed E-state index contributed by atoms with van der Waals surface area (Å²) >= 11 is 0. The van der Waals surface area contributed by atoms with Crippen molar-refractivity contribution in [3.63, 3.8) is 0 Å². The van der Waals surface area contributed by atoms with Gasteiger partial charge >= 0.3 is 6.18 Å². The lowest BCUT2D eigenvalue weighted by molar-refractivity contribution is -0.137. The molecule has 18 heavy (non-hydrogen) atoms. The normalized spacial score (nSPS) is 21.9. The number of piperidine rings is 1. The van der Waals surface area contributed by atoms with Gasteiger partial charge in [-0.15, -0.1) is 0 Å². The van der Waals surface area contributed by atoms with Gasteiger partial charge in [0.2, 0.25) is 0 Å². The number of likely N-dealkylation sites (N-methyl/N-ethyl adjacent to an activating group) is 1. The smallest absolute Gasteiger partial charge is 0.366 e. The Labute approximate surface area is 104 Å². The third kappa shape index (κ3) is 3.35. The first-order chi connectivity index (χ1) is 8.45. The zero-order chi connectivity index (χ0) is 13.2. The van der Waals surface area contributed by atoms with Gasteiger partial charge < -0.3 is 10.2 Å². The van der Waals surface area contributed by atoms with E-state index in [-0.39, 0.29) is 6.04 Å². The van der Waals surface area contributed by atoms with E-state index >= 15 is 0 Å². The van der Waals surface area contributed by atoms with Crippen LogP contribution in [0, 0.1) is 0 Å². The molecule has 1 aromatic heterocycles. The fourth-order valence-electron chi connectivity index (χ4n) is 2.18. The van der Waals surface area contributed by atoms with Crippen molar-refractivity contribution in [1.82, 2.24) is 9.88 Å². The Morgan fingerprint density at radius 1 is 1.44 bits per heavy atom. The summed E-state index contributed by atoms with van der Waals surface area (Å²) in [5, 5.41) is 3.07. The highest BCUT2D eigenvalue weighted by atomic mass is 19.4. The van der Waals surface area contributed by atoms with Crippen LogP contribution >= 0.6 is 0 Å². The van der Waals surface area contributed by atoms with Crippen LogP contribution < -0.4 is 5.32 Å². The molecule has 1 saturated heterocycles. The van der Waals surface area contributed by atoms with Crippen molar-refractivity contribution in [3.05, 3.63) is 23.9 Å². The zero-order valence-electron chi connectivity index (χ0n) is 10.2. The lowest BCUT2D eigenvalue weighted by Crippen LogP contribution is -2.39. The summed E-state index contributed by atoms with van der Waals surface area (Å²) < 4.78 is 37.6. The van der Waals surface area contributed by atoms with Crippen molar-refractivity contribution in [1.29, 1.82) is 0 Å². The van der Waals surface area contributed by atoms with Crippen molar-refractivity contribution >= 4 is 5.82 Å². The SMILES string of the molecule is CN1CCCC(Nc2cc(C(F)(F)F)ccn2)C1. The minimum atomic E-state index is -4.32. The highest BCUT2D eigenvalue weighted by molar-refractivity contribution is 5.39. The average molecular weight is 259 g/mol. The lowest BCUT2D eigenvalue weighted by atomic mass is 10.1. The third-order valence-corrected chi connectivity index (χ3v) is 3.06. The third-order valence-electron chi connectivity index (χ3n) is 3.06. The molecule has 1 fully saturated rings. The molecule has 1 unspecified atom stereocenters. The number of anilines is 1. The topological polar surface area (TPSA) is 28.2 Å². The molecule has 100 valence electrons. The van der Waals surface area contributed by atoms with Crippen LogP contribution in [-0.2, 0) is 6.18 Å². The van der Waals surface area contributed by atoms with Crippen LogP contribution in [0.4, 0.5) is 19.0 Å². The van der Waals surface area contributed by atoms with E-state index < -0.39 is 11.7 Å². The van der Waals surface area contributed by atoms with E-state index in [0.717, 1.165) is 38.1 Å². The lowest BCUT2D eigenvalue weighted by Gasteiger charge is -2.30. The molecule has 0 aliphatic carbocycles. The molecular formula is C12H16F3N3. The molecule has 1 aliphatic heterocycles. The van der Waals surface area contributed by atoms with E-state index in [1.54, 1.807) is 0 Å². The summed E-state index contributed by atoms with van der Waals surface area (Å²) in [5.41, 5.74) is -0.663. The quantitative estimate of drug-likeness (QED) is 0.885. The monoisotopic (exact) mass is 259 g/mol. The largest absolute Gasteiger partial charge is 0.416 e. The van der Waals surface area contributed by atoms with Gasteiger partial charge in [-0.3, -0.25) is 0 Å². The van der Waals surface area contributed by atoms with Gasteiger partial charge in [-0.25, -0.2) is 4.98 Å². The summed E-state index contributed by atoms with van der Waals surface area (Å²) in [6, 6.07) is 2.21. The first-order valence-electron chi connectivity index (χ1n) is 5.93. The Hall–Kier alpha value is -1.30. The van der Waals surface area contributed by atoms with Crippen molar-refractivity contribution in [2.45, 2.75) is 25.1 Å². The maximum Gasteiger partial charge on any atom is 0.416 e. The van der Waals surface area contributed by atoms with Crippen LogP contribution in [0.5, 0.6) is 0 Å². The van der Waals surface area contributed by atoms with Crippen molar-refractivity contribution in [2.24, 2.45) is 0 Å². The molecule has 1 aromatic rings. The van der Waals surface area contributed by atoms with Gasteiger partial charge in [0.15, 0.2) is 0 Å². The summed E-state index contributed by atoms with van der Waals surface area (Å²) in [4.78, 5) is 6.10. The Balaban J connectivity index is 2.05. The van der Waals surface area contributed by atoms with Crippen LogP contribution in [-0.4, -0.2) is 36.1 Å². The van der Waals surface area contributed by atoms with Crippen molar-refractivity contribution in [2.75, 3.05) is 25.5 Å². The summed E-state index contributed by atoms with van der Waals surface area (Å²) in [7, 11) is 2.01. The zero-order valence-corrected chi connectivity index (χ0v) is 10.2. The highest BCUT2D eigenvalue weighted by Crippen LogP contribution is 2.30. The molecular weight excluding hydrogens is 243 g/mol. The number of likely N-dealkylation sites (tertiary alicyclic amines) is 1. The molecule has 0 spiro atoms. The van der Waals surface area contributed by atoms with E-state index in [1.165, 1.54) is 6.20 Å². The van der Waals surface area contributed by atoms with E-state index in [9.17, 15) is 13.2 Å². The van der Waals surface area contributed by atoms with E-state index in [1.807, 2.05) is 7.05 Å². The van der Waals surface area contributed by atoms with Gasteiger partial charge in [0.1, 0.15) is 5.82 Å². The first-order valence-corrected chi connectivity index (χ1v) is 5.93. The maximum atomic E-state index is 12.5. The molecule has 1 atom stereocenters. The minimum Gasteiger partial charge on any atom is -0.366 e. The number of rotatable bonds is 2. The number of aromatic nitrogens is 1. The Kier molecular flexibility index (Phi) is 3.75. The van der Waals surface area contributed by atoms with Crippen LogP contribution in [0.25, 0.3) is 0 Å². The highest BCUT2D eigenvalue weighted by Gasteiger charge is 2.31. The molecule has 0 amide bonds. The molecule has 2 heterocycles. The van der Waals surface area contributed by atoms with Gasteiger partial charge in [-0.05, 0) is 38.6 Å². The second-order valence-corrected chi connectivity index (χ2v) is 4.67. The predicted molar refractivity (Wildman–Crippen MR) is 63.4 cm³/mol. The number of hydrogen-bond acceptors (Lipinski definition) is 3. The number of halogens is 3. The van der Waals surface area contributed by atoms with Gasteiger partial charge in [0.05, 0.1) is 5.56 Å². The van der Waals surface area contributed by atoms with Gasteiger partial charge in [0.25, 0.3) is 0 Å². The average Bonchev–Trinajstić information content (AvgIpc) is 2.28. The molecule has 0 bridgehead atoms. The molecule has 0 aromatic carbocycles. The number of alkyl halides is 3. The number of pyridine rings is 1. The van der Waals surface area contributed by atoms with Gasteiger partial charge in [-0.2, -0.15) is 13.2 Å². The van der Waals surface area contributed by atoms with E-state index in [4.69, 9.17) is 0 Å². The van der Waals surface area contributed by atoms with Crippen LogP contribution in [0.15, 0.2) is 18.3 Å². The second-order valence-electron chi connectivity index (χ2n) is 4.67. The first kappa shape index (κ1) is 13.1. The Morgan fingerprint density at radius 2 is 2.22 bits per heavy atom. The molecule has 0 radical (unpaired) electrons. The van der Waals surface area contributed by atoms with Crippen molar-refractivity contribution < 1.29 is 13.2 Å².